The Bertz CT molecular complexity index is 1870. The Labute approximate surface area is 331 Å². The number of carbonyl (C=O) groups excluding carboxylic acids is 1. The molecule has 0 radical (unpaired) electrons. The zero-order chi connectivity index (χ0) is 39.5. The number of amides is 1. The number of unbranched alkanes of at least 4 members (excludes halogenated alkanes) is 2. The Morgan fingerprint density at radius 3 is 2.48 bits per heavy atom. The highest BCUT2D eigenvalue weighted by atomic mass is 16.7. The van der Waals surface area contributed by atoms with Gasteiger partial charge in [0.05, 0.1) is 31.4 Å². The van der Waals surface area contributed by atoms with E-state index in [1.165, 1.54) is 0 Å². The predicted molar refractivity (Wildman–Crippen MR) is 219 cm³/mol. The molecule has 6 rings (SSSR count). The van der Waals surface area contributed by atoms with Gasteiger partial charge in [-0.25, -0.2) is 4.79 Å². The Hall–Kier alpha value is -4.64. The maximum Gasteiger partial charge on any atom is 0.410 e. The third-order valence-electron chi connectivity index (χ3n) is 11.4. The van der Waals surface area contributed by atoms with Gasteiger partial charge in [0.2, 0.25) is 5.79 Å². The van der Waals surface area contributed by atoms with Gasteiger partial charge in [0.15, 0.2) is 0 Å². The van der Waals surface area contributed by atoms with Crippen LogP contribution in [0.15, 0.2) is 103 Å². The fraction of sp³-hybridized carbons (Fsp3) is 0.478. The second kappa shape index (κ2) is 19.5. The van der Waals surface area contributed by atoms with E-state index in [1.807, 2.05) is 44.2 Å². The number of rotatable bonds is 20. The van der Waals surface area contributed by atoms with Crippen molar-refractivity contribution in [3.05, 3.63) is 109 Å². The maximum atomic E-state index is 14.5. The first-order valence-electron chi connectivity index (χ1n) is 20.3. The number of nitrogens with zero attached hydrogens (tertiary/aromatic N) is 2. The van der Waals surface area contributed by atoms with E-state index < -0.39 is 23.8 Å². The van der Waals surface area contributed by atoms with E-state index in [-0.39, 0.29) is 57.1 Å². The average molecular weight is 767 g/mol. The third-order valence-corrected chi connectivity index (χ3v) is 11.4. The summed E-state index contributed by atoms with van der Waals surface area (Å²) in [6, 6.07) is 19.5. The lowest BCUT2D eigenvalue weighted by Crippen LogP contribution is -2.70. The number of fused-ring (bicyclic) bond motifs is 3. The number of oxime groups is 1. The fourth-order valence-corrected chi connectivity index (χ4v) is 9.16. The lowest BCUT2D eigenvalue weighted by atomic mass is 9.55. The van der Waals surface area contributed by atoms with Crippen molar-refractivity contribution in [3.8, 4) is 11.5 Å². The van der Waals surface area contributed by atoms with E-state index in [0.717, 1.165) is 58.9 Å². The van der Waals surface area contributed by atoms with Gasteiger partial charge >= 0.3 is 6.09 Å². The van der Waals surface area contributed by atoms with Crippen molar-refractivity contribution in [3.63, 3.8) is 0 Å². The lowest BCUT2D eigenvalue weighted by Gasteiger charge is -2.59. The van der Waals surface area contributed by atoms with Gasteiger partial charge in [0.25, 0.3) is 0 Å². The maximum absolute atomic E-state index is 14.5. The van der Waals surface area contributed by atoms with Gasteiger partial charge in [-0.3, -0.25) is 4.90 Å². The van der Waals surface area contributed by atoms with E-state index in [1.54, 1.807) is 17.1 Å². The van der Waals surface area contributed by atoms with Crippen molar-refractivity contribution in [1.82, 2.24) is 4.90 Å². The Balaban J connectivity index is 1.61. The summed E-state index contributed by atoms with van der Waals surface area (Å²) in [5.74, 6) is -0.405. The molecule has 0 bridgehead atoms. The van der Waals surface area contributed by atoms with Crippen LogP contribution in [0.2, 0.25) is 0 Å². The molecule has 6 atom stereocenters. The molecular formula is C46H58N2O8. The molecule has 300 valence electrons. The van der Waals surface area contributed by atoms with Crippen LogP contribution in [0.4, 0.5) is 4.79 Å². The highest BCUT2D eigenvalue weighted by Gasteiger charge is 2.65. The smallest absolute Gasteiger partial charge is 0.410 e. The molecule has 0 aromatic heterocycles. The molecule has 3 aromatic carbocycles. The minimum absolute atomic E-state index is 0.0965. The van der Waals surface area contributed by atoms with Crippen LogP contribution in [0, 0.1) is 17.8 Å². The zero-order valence-electron chi connectivity index (χ0n) is 32.9. The van der Waals surface area contributed by atoms with Crippen LogP contribution in [0.1, 0.15) is 75.8 Å². The van der Waals surface area contributed by atoms with Crippen molar-refractivity contribution in [1.29, 1.82) is 0 Å². The molecule has 0 spiro atoms. The van der Waals surface area contributed by atoms with Crippen LogP contribution in [0.3, 0.4) is 0 Å². The topological polar surface area (TPSA) is 119 Å². The molecule has 1 fully saturated rings. The summed E-state index contributed by atoms with van der Waals surface area (Å²) in [6.45, 7) is 13.2. The molecule has 2 N–H and O–H groups in total. The van der Waals surface area contributed by atoms with Crippen LogP contribution in [0.5, 0.6) is 11.5 Å². The molecule has 3 aliphatic rings. The first kappa shape index (κ1) is 41.0. The van der Waals surface area contributed by atoms with E-state index in [4.69, 9.17) is 28.9 Å². The van der Waals surface area contributed by atoms with Crippen molar-refractivity contribution < 1.29 is 38.8 Å². The largest absolute Gasteiger partial charge is 0.490 e. The van der Waals surface area contributed by atoms with E-state index in [0.29, 0.717) is 37.6 Å². The second-order valence-electron chi connectivity index (χ2n) is 14.8. The summed E-state index contributed by atoms with van der Waals surface area (Å²) in [4.78, 5) is 22.1. The number of hydrogen-bond donors (Lipinski definition) is 2. The summed E-state index contributed by atoms with van der Waals surface area (Å²) >= 11 is 0. The van der Waals surface area contributed by atoms with Crippen molar-refractivity contribution in [2.45, 2.75) is 83.1 Å². The number of hydrogen-bond acceptors (Lipinski definition) is 9. The van der Waals surface area contributed by atoms with Gasteiger partial charge in [0, 0.05) is 31.1 Å². The molecule has 56 heavy (non-hydrogen) atoms. The minimum atomic E-state index is -1.39. The van der Waals surface area contributed by atoms with Crippen molar-refractivity contribution in [2.24, 2.45) is 22.9 Å². The number of aliphatic hydroxyl groups excluding tert-OH is 2. The molecule has 1 heterocycles. The highest BCUT2D eigenvalue weighted by molar-refractivity contribution is 6.03. The van der Waals surface area contributed by atoms with Crippen molar-refractivity contribution in [2.75, 3.05) is 39.6 Å². The Morgan fingerprint density at radius 2 is 1.73 bits per heavy atom. The fourth-order valence-electron chi connectivity index (χ4n) is 9.16. The first-order chi connectivity index (χ1) is 27.4. The van der Waals surface area contributed by atoms with Gasteiger partial charge in [-0.05, 0) is 91.5 Å². The Morgan fingerprint density at radius 1 is 0.964 bits per heavy atom. The summed E-state index contributed by atoms with van der Waals surface area (Å²) in [7, 11) is 0. The number of ether oxygens (including phenoxy) is 4. The molecule has 2 aliphatic carbocycles. The highest BCUT2D eigenvalue weighted by Crippen LogP contribution is 2.62. The summed E-state index contributed by atoms with van der Waals surface area (Å²) in [5, 5.41) is 26.6. The first-order valence-corrected chi connectivity index (χ1v) is 20.3. The average Bonchev–Trinajstić information content (AvgIpc) is 3.22. The zero-order valence-corrected chi connectivity index (χ0v) is 32.9. The van der Waals surface area contributed by atoms with Gasteiger partial charge < -0.3 is 34.0 Å². The van der Waals surface area contributed by atoms with Gasteiger partial charge in [-0.1, -0.05) is 85.3 Å². The normalized spacial score (nSPS) is 24.3. The minimum Gasteiger partial charge on any atom is -0.490 e. The van der Waals surface area contributed by atoms with E-state index in [2.05, 4.69) is 49.6 Å². The molecule has 1 saturated carbocycles. The molecule has 10 nitrogen and oxygen atoms in total. The summed E-state index contributed by atoms with van der Waals surface area (Å²) in [6.07, 6.45) is 10.3. The molecule has 0 saturated heterocycles. The molecule has 3 aromatic rings. The number of aliphatic hydroxyl groups is 2. The van der Waals surface area contributed by atoms with Crippen LogP contribution < -0.4 is 9.47 Å². The van der Waals surface area contributed by atoms with E-state index in [9.17, 15) is 15.0 Å². The molecule has 1 aliphatic heterocycles. The SMILES string of the molecule is C=CCOc1ccc2c(c1)[C@H]1[C@H](CCCCO)[C@@H](CCCCO)C=C3C(=NOCC)C[C@H](N(Cc4cccc5ccccc45)C(=O)OCC)[C@@](OCC=C)(O2)[C@H]31. The van der Waals surface area contributed by atoms with Crippen LogP contribution in [-0.4, -0.2) is 78.4 Å². The number of benzene rings is 3. The quantitative estimate of drug-likeness (QED) is 0.0666. The molecule has 10 heteroatoms. The van der Waals surface area contributed by atoms with Crippen LogP contribution in [0.25, 0.3) is 10.8 Å². The van der Waals surface area contributed by atoms with Gasteiger partial charge in [-0.15, -0.1) is 6.58 Å². The standard InChI is InChI=1S/C46H58N2O8/c1-5-26-53-35-22-23-41-39(29-35)43-37(21-12-14-25-50)33(17-11-13-24-49)28-38-40(47-55-8-4)30-42(46(56-41,44(38)43)54-27-6-2)48(45(51)52-7-3)31-34-19-15-18-32-16-9-10-20-36(32)34/h5-6,9-10,15-16,18-20,22-23,28-29,33,37,42-44,49-50H,1-2,7-8,11-14,17,21,24-27,30-31H2,3-4H3/t33-,37+,42-,43+,44+,46+/m0/s1. The van der Waals surface area contributed by atoms with Crippen molar-refractivity contribution >= 4 is 22.6 Å². The molecule has 0 unspecified atom stereocenters. The van der Waals surface area contributed by atoms with Crippen LogP contribution >= 0.6 is 0 Å². The number of carbonyl (C=O) groups is 1. The third kappa shape index (κ3) is 8.53. The molecule has 1 amide bonds. The summed E-state index contributed by atoms with van der Waals surface area (Å²) in [5.41, 5.74) is 3.68. The monoisotopic (exact) mass is 766 g/mol. The summed E-state index contributed by atoms with van der Waals surface area (Å²) < 4.78 is 26.4. The van der Waals surface area contributed by atoms with Crippen LogP contribution in [-0.2, 0) is 20.9 Å². The molecular weight excluding hydrogens is 709 g/mol. The van der Waals surface area contributed by atoms with Gasteiger partial charge in [0.1, 0.15) is 30.8 Å². The predicted octanol–water partition coefficient (Wildman–Crippen LogP) is 8.72. The lowest BCUT2D eigenvalue weighted by molar-refractivity contribution is -0.256. The second-order valence-corrected chi connectivity index (χ2v) is 14.8. The van der Waals surface area contributed by atoms with E-state index >= 15 is 0 Å². The number of allylic oxidation sites excluding steroid dienone is 1. The van der Waals surface area contributed by atoms with Gasteiger partial charge in [-0.2, -0.15) is 0 Å². The Kier molecular flexibility index (Phi) is 14.3.